The Kier molecular flexibility index (Phi) is 11.4. The van der Waals surface area contributed by atoms with Crippen LogP contribution in [0, 0.1) is 18.6 Å². The van der Waals surface area contributed by atoms with Crippen molar-refractivity contribution in [2.75, 3.05) is 23.7 Å². The van der Waals surface area contributed by atoms with Gasteiger partial charge in [0.25, 0.3) is 0 Å². The Morgan fingerprint density at radius 1 is 0.927 bits per heavy atom. The van der Waals surface area contributed by atoms with E-state index in [1.807, 2.05) is 68.4 Å². The highest BCUT2D eigenvalue weighted by molar-refractivity contribution is 7.92. The van der Waals surface area contributed by atoms with Crippen molar-refractivity contribution in [3.8, 4) is 0 Å². The van der Waals surface area contributed by atoms with Crippen molar-refractivity contribution >= 4 is 27.5 Å². The molecule has 3 aromatic carbocycles. The lowest BCUT2D eigenvalue weighted by Crippen LogP contribution is -2.50. The number of nitrogens with one attached hydrogen (secondary N) is 1. The van der Waals surface area contributed by atoms with Crippen molar-refractivity contribution in [2.45, 2.75) is 52.1 Å². The Balaban J connectivity index is 1.88. The first-order chi connectivity index (χ1) is 19.5. The van der Waals surface area contributed by atoms with Crippen LogP contribution in [0.2, 0.25) is 0 Å². The molecule has 3 rings (SSSR count). The number of halogens is 2. The molecular weight excluding hydrogens is 548 g/mol. The van der Waals surface area contributed by atoms with Crippen molar-refractivity contribution in [1.29, 1.82) is 0 Å². The van der Waals surface area contributed by atoms with E-state index in [4.69, 9.17) is 0 Å². The lowest BCUT2D eigenvalue weighted by atomic mass is 10.0. The molecular formula is C31H37F2N3O4S. The number of nitrogens with zero attached hydrogens (tertiary/aromatic N) is 2. The Labute approximate surface area is 241 Å². The molecule has 0 unspecified atom stereocenters. The molecule has 0 aliphatic rings. The van der Waals surface area contributed by atoms with E-state index in [1.165, 1.54) is 6.07 Å². The fourth-order valence-electron chi connectivity index (χ4n) is 4.57. The Hall–Kier alpha value is -3.79. The minimum absolute atomic E-state index is 0.0311. The molecule has 41 heavy (non-hydrogen) atoms. The van der Waals surface area contributed by atoms with Gasteiger partial charge in [-0.15, -0.1) is 0 Å². The third-order valence-corrected chi connectivity index (χ3v) is 7.79. The van der Waals surface area contributed by atoms with Gasteiger partial charge in [0.1, 0.15) is 6.04 Å². The van der Waals surface area contributed by atoms with Crippen LogP contribution in [0.3, 0.4) is 0 Å². The highest BCUT2D eigenvalue weighted by atomic mass is 32.2. The molecule has 7 nitrogen and oxygen atoms in total. The minimum Gasteiger partial charge on any atom is -0.354 e. The van der Waals surface area contributed by atoms with Crippen LogP contribution in [0.25, 0.3) is 0 Å². The average Bonchev–Trinajstić information content (AvgIpc) is 2.93. The number of aryl methyl sites for hydroxylation is 1. The van der Waals surface area contributed by atoms with Crippen molar-refractivity contribution in [3.05, 3.63) is 101 Å². The van der Waals surface area contributed by atoms with Gasteiger partial charge in [0.15, 0.2) is 11.6 Å². The number of benzene rings is 3. The SMILES string of the molecule is CCCNC(=O)[C@@H](Cc1ccccc1)N(Cc1cccc(C)c1)C(=O)CCCN(c1ccc(F)c(F)c1)S(C)(=O)=O. The summed E-state index contributed by atoms with van der Waals surface area (Å²) in [6.07, 6.45) is 2.05. The average molecular weight is 586 g/mol. The highest BCUT2D eigenvalue weighted by Gasteiger charge is 2.30. The van der Waals surface area contributed by atoms with E-state index in [-0.39, 0.29) is 43.4 Å². The summed E-state index contributed by atoms with van der Waals surface area (Å²) in [4.78, 5) is 28.7. The lowest BCUT2D eigenvalue weighted by Gasteiger charge is -2.32. The smallest absolute Gasteiger partial charge is 0.243 e. The second-order valence-electron chi connectivity index (χ2n) is 10.0. The van der Waals surface area contributed by atoms with Crippen LogP contribution in [0.15, 0.2) is 72.8 Å². The third kappa shape index (κ3) is 9.38. The molecule has 0 heterocycles. The molecule has 0 saturated carbocycles. The number of amides is 2. The lowest BCUT2D eigenvalue weighted by molar-refractivity contribution is -0.141. The zero-order valence-electron chi connectivity index (χ0n) is 23.6. The Morgan fingerprint density at radius 3 is 2.27 bits per heavy atom. The van der Waals surface area contributed by atoms with Gasteiger partial charge >= 0.3 is 0 Å². The fraction of sp³-hybridized carbons (Fsp3) is 0.355. The van der Waals surface area contributed by atoms with Crippen LogP contribution in [0.4, 0.5) is 14.5 Å². The van der Waals surface area contributed by atoms with Crippen molar-refractivity contribution < 1.29 is 26.8 Å². The third-order valence-electron chi connectivity index (χ3n) is 6.60. The molecule has 0 fully saturated rings. The molecule has 0 aromatic heterocycles. The minimum atomic E-state index is -3.84. The maximum atomic E-state index is 13.9. The van der Waals surface area contributed by atoms with Crippen molar-refractivity contribution in [3.63, 3.8) is 0 Å². The fourth-order valence-corrected chi connectivity index (χ4v) is 5.53. The van der Waals surface area contributed by atoms with E-state index in [2.05, 4.69) is 5.32 Å². The van der Waals surface area contributed by atoms with E-state index < -0.39 is 27.7 Å². The van der Waals surface area contributed by atoms with Crippen LogP contribution < -0.4 is 9.62 Å². The highest BCUT2D eigenvalue weighted by Crippen LogP contribution is 2.22. The van der Waals surface area contributed by atoms with Gasteiger partial charge in [0, 0.05) is 38.5 Å². The number of carbonyl (C=O) groups is 2. The molecule has 220 valence electrons. The summed E-state index contributed by atoms with van der Waals surface area (Å²) in [6.45, 7) is 4.43. The van der Waals surface area contributed by atoms with E-state index in [0.717, 1.165) is 45.8 Å². The van der Waals surface area contributed by atoms with Gasteiger partial charge in [0.05, 0.1) is 11.9 Å². The Bertz CT molecular complexity index is 1430. The van der Waals surface area contributed by atoms with Crippen LogP contribution in [-0.4, -0.2) is 50.5 Å². The van der Waals surface area contributed by atoms with Crippen LogP contribution in [0.1, 0.15) is 42.9 Å². The summed E-state index contributed by atoms with van der Waals surface area (Å²) in [6, 6.07) is 19.2. The zero-order valence-corrected chi connectivity index (χ0v) is 24.5. The van der Waals surface area contributed by atoms with Crippen LogP contribution in [-0.2, 0) is 32.6 Å². The molecule has 1 N–H and O–H groups in total. The molecule has 0 radical (unpaired) electrons. The quantitative estimate of drug-likeness (QED) is 0.289. The number of sulfonamides is 1. The molecule has 0 spiro atoms. The summed E-state index contributed by atoms with van der Waals surface area (Å²) in [5, 5.41) is 2.92. The second kappa shape index (κ2) is 14.7. The first-order valence-corrected chi connectivity index (χ1v) is 15.4. The molecule has 10 heteroatoms. The van der Waals surface area contributed by atoms with Gasteiger partial charge in [0.2, 0.25) is 21.8 Å². The summed E-state index contributed by atoms with van der Waals surface area (Å²) < 4.78 is 53.2. The number of hydrogen-bond acceptors (Lipinski definition) is 4. The predicted molar refractivity (Wildman–Crippen MR) is 157 cm³/mol. The maximum Gasteiger partial charge on any atom is 0.243 e. The standard InChI is InChI=1S/C31H37F2N3O4S/c1-4-17-34-31(38)29(20-24-11-6-5-7-12-24)35(22-25-13-8-10-23(2)19-25)30(37)14-9-18-36(41(3,39)40)26-15-16-27(32)28(33)21-26/h5-8,10-13,15-16,19,21,29H,4,9,14,17-18,20,22H2,1-3H3,(H,34,38)/t29-/m1/s1. The molecule has 0 aliphatic carbocycles. The normalized spacial score (nSPS) is 12.0. The van der Waals surface area contributed by atoms with Gasteiger partial charge in [-0.05, 0) is 43.0 Å². The first kappa shape index (κ1) is 31.7. The zero-order chi connectivity index (χ0) is 30.0. The van der Waals surface area contributed by atoms with Gasteiger partial charge in [-0.25, -0.2) is 17.2 Å². The largest absolute Gasteiger partial charge is 0.354 e. The van der Waals surface area contributed by atoms with Crippen molar-refractivity contribution in [1.82, 2.24) is 10.2 Å². The molecule has 0 saturated heterocycles. The topological polar surface area (TPSA) is 86.8 Å². The summed E-state index contributed by atoms with van der Waals surface area (Å²) in [5.74, 6) is -2.84. The van der Waals surface area contributed by atoms with E-state index >= 15 is 0 Å². The molecule has 2 amide bonds. The predicted octanol–water partition coefficient (Wildman–Crippen LogP) is 4.99. The second-order valence-corrected chi connectivity index (χ2v) is 12.0. The summed E-state index contributed by atoms with van der Waals surface area (Å²) >= 11 is 0. The van der Waals surface area contributed by atoms with Gasteiger partial charge in [-0.2, -0.15) is 0 Å². The van der Waals surface area contributed by atoms with Gasteiger partial charge < -0.3 is 10.2 Å². The van der Waals surface area contributed by atoms with Gasteiger partial charge in [-0.1, -0.05) is 67.1 Å². The monoisotopic (exact) mass is 585 g/mol. The summed E-state index contributed by atoms with van der Waals surface area (Å²) in [5.41, 5.74) is 2.74. The molecule has 0 aliphatic heterocycles. The molecule has 3 aromatic rings. The van der Waals surface area contributed by atoms with E-state index in [0.29, 0.717) is 13.0 Å². The van der Waals surface area contributed by atoms with E-state index in [1.54, 1.807) is 4.90 Å². The Morgan fingerprint density at radius 2 is 1.63 bits per heavy atom. The molecule has 1 atom stereocenters. The number of carbonyl (C=O) groups excluding carboxylic acids is 2. The van der Waals surface area contributed by atoms with Crippen LogP contribution in [0.5, 0.6) is 0 Å². The maximum absolute atomic E-state index is 13.9. The number of rotatable bonds is 14. The first-order valence-electron chi connectivity index (χ1n) is 13.6. The van der Waals surface area contributed by atoms with Crippen molar-refractivity contribution in [2.24, 2.45) is 0 Å². The number of hydrogen-bond donors (Lipinski definition) is 1. The summed E-state index contributed by atoms with van der Waals surface area (Å²) in [7, 11) is -3.84. The molecule has 0 bridgehead atoms. The van der Waals surface area contributed by atoms with Gasteiger partial charge in [-0.3, -0.25) is 13.9 Å². The van der Waals surface area contributed by atoms with Crippen LogP contribution >= 0.6 is 0 Å². The van der Waals surface area contributed by atoms with E-state index in [9.17, 15) is 26.8 Å². The number of anilines is 1.